The molecule has 0 amide bonds. The van der Waals surface area contributed by atoms with Gasteiger partial charge >= 0.3 is 5.97 Å². The summed E-state index contributed by atoms with van der Waals surface area (Å²) in [5, 5.41) is 1.67. The molecular weight excluding hydrogens is 166 g/mol. The Labute approximate surface area is 81.0 Å². The Hall–Kier alpha value is -0.570. The summed E-state index contributed by atoms with van der Waals surface area (Å²) in [6.45, 7) is 7.59. The van der Waals surface area contributed by atoms with Crippen LogP contribution in [0, 0.1) is 0 Å². The minimum absolute atomic E-state index is 0.0999. The third-order valence-electron chi connectivity index (χ3n) is 1.92. The molecular formula is C10H21NO2. The van der Waals surface area contributed by atoms with E-state index in [9.17, 15) is 4.79 Å². The van der Waals surface area contributed by atoms with Gasteiger partial charge in [-0.15, -0.1) is 5.06 Å². The number of hydroxylamine groups is 2. The molecule has 0 saturated carbocycles. The fourth-order valence-corrected chi connectivity index (χ4v) is 1.06. The average molecular weight is 187 g/mol. The van der Waals surface area contributed by atoms with Crippen LogP contribution in [0.25, 0.3) is 0 Å². The first kappa shape index (κ1) is 12.4. The lowest BCUT2D eigenvalue weighted by molar-refractivity contribution is -0.188. The summed E-state index contributed by atoms with van der Waals surface area (Å²) in [7, 11) is 0. The number of carbonyl (C=O) groups excluding carboxylic acids is 1. The summed E-state index contributed by atoms with van der Waals surface area (Å²) in [5.74, 6) is -0.0999. The molecule has 0 aliphatic rings. The predicted molar refractivity (Wildman–Crippen MR) is 53.2 cm³/mol. The van der Waals surface area contributed by atoms with Crippen molar-refractivity contribution in [2.75, 3.05) is 13.1 Å². The lowest BCUT2D eigenvalue weighted by atomic mass is 10.2. The molecule has 13 heavy (non-hydrogen) atoms. The van der Waals surface area contributed by atoms with Gasteiger partial charge in [-0.2, -0.15) is 0 Å². The fourth-order valence-electron chi connectivity index (χ4n) is 1.06. The van der Waals surface area contributed by atoms with Gasteiger partial charge in [0.2, 0.25) is 0 Å². The number of hydrogen-bond acceptors (Lipinski definition) is 3. The lowest BCUT2D eigenvalue weighted by Crippen LogP contribution is -2.26. The molecule has 3 nitrogen and oxygen atoms in total. The molecule has 0 aromatic carbocycles. The van der Waals surface area contributed by atoms with Gasteiger partial charge in [0.25, 0.3) is 0 Å². The van der Waals surface area contributed by atoms with Gasteiger partial charge < -0.3 is 4.84 Å². The Bertz CT molecular complexity index is 133. The van der Waals surface area contributed by atoms with Crippen molar-refractivity contribution >= 4 is 5.97 Å². The molecule has 0 spiro atoms. The molecule has 0 aliphatic carbocycles. The quantitative estimate of drug-likeness (QED) is 0.452. The van der Waals surface area contributed by atoms with Crippen molar-refractivity contribution in [2.45, 2.75) is 46.5 Å². The molecule has 0 aliphatic heterocycles. The lowest BCUT2D eigenvalue weighted by Gasteiger charge is -2.16. The van der Waals surface area contributed by atoms with E-state index < -0.39 is 0 Å². The largest absolute Gasteiger partial charge is 0.368 e. The maximum absolute atomic E-state index is 11.2. The van der Waals surface area contributed by atoms with Gasteiger partial charge in [-0.25, -0.2) is 0 Å². The number of carbonyl (C=O) groups is 1. The molecule has 0 saturated heterocycles. The molecule has 0 bridgehead atoms. The summed E-state index contributed by atoms with van der Waals surface area (Å²) in [4.78, 5) is 16.3. The van der Waals surface area contributed by atoms with Crippen molar-refractivity contribution in [3.63, 3.8) is 0 Å². The van der Waals surface area contributed by atoms with E-state index in [2.05, 4.69) is 6.92 Å². The van der Waals surface area contributed by atoms with Crippen LogP contribution in [0.4, 0.5) is 0 Å². The van der Waals surface area contributed by atoms with E-state index in [4.69, 9.17) is 4.84 Å². The molecule has 0 atom stereocenters. The smallest absolute Gasteiger partial charge is 0.325 e. The number of nitrogens with zero attached hydrogens (tertiary/aromatic N) is 1. The van der Waals surface area contributed by atoms with E-state index in [1.807, 2.05) is 13.8 Å². The van der Waals surface area contributed by atoms with E-state index >= 15 is 0 Å². The summed E-state index contributed by atoms with van der Waals surface area (Å²) in [6.07, 6.45) is 3.73. The van der Waals surface area contributed by atoms with Crippen molar-refractivity contribution in [3.8, 4) is 0 Å². The Morgan fingerprint density at radius 1 is 1.15 bits per heavy atom. The number of hydrogen-bond donors (Lipinski definition) is 0. The van der Waals surface area contributed by atoms with E-state index in [0.717, 1.165) is 32.4 Å². The van der Waals surface area contributed by atoms with Crippen LogP contribution in [0.3, 0.4) is 0 Å². The molecule has 0 heterocycles. The van der Waals surface area contributed by atoms with Crippen LogP contribution in [-0.4, -0.2) is 24.1 Å². The highest BCUT2D eigenvalue weighted by Crippen LogP contribution is 2.01. The maximum Gasteiger partial charge on any atom is 0.325 e. The molecule has 0 radical (unpaired) electrons. The second-order valence-corrected chi connectivity index (χ2v) is 3.03. The summed E-state index contributed by atoms with van der Waals surface area (Å²) < 4.78 is 0. The average Bonchev–Trinajstić information content (AvgIpc) is 2.14. The molecule has 0 aromatic rings. The Kier molecular flexibility index (Phi) is 7.69. The molecule has 0 rings (SSSR count). The first-order valence-corrected chi connectivity index (χ1v) is 5.20. The first-order chi connectivity index (χ1) is 6.24. The Morgan fingerprint density at radius 3 is 2.23 bits per heavy atom. The van der Waals surface area contributed by atoms with Crippen LogP contribution in [0.2, 0.25) is 0 Å². The summed E-state index contributed by atoms with van der Waals surface area (Å²) >= 11 is 0. The summed E-state index contributed by atoms with van der Waals surface area (Å²) in [5.41, 5.74) is 0. The first-order valence-electron chi connectivity index (χ1n) is 5.20. The van der Waals surface area contributed by atoms with E-state index in [-0.39, 0.29) is 5.97 Å². The van der Waals surface area contributed by atoms with Crippen molar-refractivity contribution < 1.29 is 9.63 Å². The van der Waals surface area contributed by atoms with Crippen molar-refractivity contribution in [1.82, 2.24) is 5.06 Å². The normalized spacial score (nSPS) is 10.5. The zero-order valence-electron chi connectivity index (χ0n) is 9.01. The van der Waals surface area contributed by atoms with Gasteiger partial charge in [0.15, 0.2) is 0 Å². The molecule has 0 aromatic heterocycles. The van der Waals surface area contributed by atoms with Gasteiger partial charge in [0.1, 0.15) is 0 Å². The van der Waals surface area contributed by atoms with Crippen LogP contribution in [0.5, 0.6) is 0 Å². The second kappa shape index (κ2) is 8.05. The zero-order valence-corrected chi connectivity index (χ0v) is 9.01. The van der Waals surface area contributed by atoms with Gasteiger partial charge in [-0.05, 0) is 20.3 Å². The Balaban J connectivity index is 3.48. The predicted octanol–water partition coefficient (Wildman–Crippen LogP) is 2.37. The molecule has 78 valence electrons. The molecule has 3 heteroatoms. The minimum Gasteiger partial charge on any atom is -0.368 e. The highest BCUT2D eigenvalue weighted by Gasteiger charge is 2.06. The van der Waals surface area contributed by atoms with Crippen LogP contribution in [-0.2, 0) is 9.63 Å². The van der Waals surface area contributed by atoms with Crippen LogP contribution in [0.15, 0.2) is 0 Å². The van der Waals surface area contributed by atoms with Gasteiger partial charge in [0, 0.05) is 19.5 Å². The van der Waals surface area contributed by atoms with Gasteiger partial charge in [0.05, 0.1) is 0 Å². The van der Waals surface area contributed by atoms with Gasteiger partial charge in [-0.3, -0.25) is 4.79 Å². The topological polar surface area (TPSA) is 29.5 Å². The molecule has 0 N–H and O–H groups in total. The molecule has 0 unspecified atom stereocenters. The standard InChI is InChI=1S/C10H21NO2/c1-4-7-8-9-10(12)13-11(5-2)6-3/h4-9H2,1-3H3. The van der Waals surface area contributed by atoms with Crippen LogP contribution < -0.4 is 0 Å². The third-order valence-corrected chi connectivity index (χ3v) is 1.92. The monoisotopic (exact) mass is 187 g/mol. The van der Waals surface area contributed by atoms with E-state index in [1.54, 1.807) is 5.06 Å². The van der Waals surface area contributed by atoms with E-state index in [1.165, 1.54) is 0 Å². The number of rotatable bonds is 7. The highest BCUT2D eigenvalue weighted by atomic mass is 16.7. The highest BCUT2D eigenvalue weighted by molar-refractivity contribution is 5.68. The van der Waals surface area contributed by atoms with Gasteiger partial charge in [-0.1, -0.05) is 19.8 Å². The number of unbranched alkanes of at least 4 members (excludes halogenated alkanes) is 2. The fraction of sp³-hybridized carbons (Fsp3) is 0.900. The molecule has 0 fully saturated rings. The minimum atomic E-state index is -0.0999. The summed E-state index contributed by atoms with van der Waals surface area (Å²) in [6, 6.07) is 0. The van der Waals surface area contributed by atoms with Crippen LogP contribution >= 0.6 is 0 Å². The van der Waals surface area contributed by atoms with Crippen LogP contribution in [0.1, 0.15) is 46.5 Å². The van der Waals surface area contributed by atoms with E-state index in [0.29, 0.717) is 6.42 Å². The van der Waals surface area contributed by atoms with Crippen molar-refractivity contribution in [2.24, 2.45) is 0 Å². The zero-order chi connectivity index (χ0) is 10.1. The van der Waals surface area contributed by atoms with Crippen molar-refractivity contribution in [1.29, 1.82) is 0 Å². The third kappa shape index (κ3) is 6.58. The maximum atomic E-state index is 11.2. The second-order valence-electron chi connectivity index (χ2n) is 3.03. The Morgan fingerprint density at radius 2 is 1.77 bits per heavy atom. The SMILES string of the molecule is CCCCCC(=O)ON(CC)CC. The van der Waals surface area contributed by atoms with Crippen molar-refractivity contribution in [3.05, 3.63) is 0 Å².